The summed E-state index contributed by atoms with van der Waals surface area (Å²) in [6.07, 6.45) is 10.3. The molecule has 0 aliphatic carbocycles. The molecule has 18 heavy (non-hydrogen) atoms. The van der Waals surface area contributed by atoms with Crippen LogP contribution in [0.25, 0.3) is 0 Å². The van der Waals surface area contributed by atoms with Gasteiger partial charge in [-0.15, -0.1) is 0 Å². The molecule has 0 aromatic carbocycles. The largest absolute Gasteiger partial charge is 0.311 e. The van der Waals surface area contributed by atoms with Gasteiger partial charge in [0.2, 0.25) is 0 Å². The van der Waals surface area contributed by atoms with Crippen LogP contribution < -0.4 is 0 Å². The summed E-state index contributed by atoms with van der Waals surface area (Å²) in [4.78, 5) is 0. The van der Waals surface area contributed by atoms with E-state index in [0.29, 0.717) is 0 Å². The van der Waals surface area contributed by atoms with Gasteiger partial charge in [-0.05, 0) is 24.5 Å². The summed E-state index contributed by atoms with van der Waals surface area (Å²) in [5, 5.41) is 9.09. The molecule has 0 bridgehead atoms. The monoisotopic (exact) mass is 270 g/mol. The Morgan fingerprint density at radius 2 is 1.67 bits per heavy atom. The molecule has 104 valence electrons. The first kappa shape index (κ1) is 21.9. The zero-order valence-electron chi connectivity index (χ0n) is 12.2. The van der Waals surface area contributed by atoms with E-state index in [0.717, 1.165) is 12.0 Å². The summed E-state index contributed by atoms with van der Waals surface area (Å²) < 4.78 is 9.56. The normalized spacial score (nSPS) is 9.89. The lowest BCUT2D eigenvalue weighted by Gasteiger charge is -2.00. The quantitative estimate of drug-likeness (QED) is 0.772. The minimum absolute atomic E-state index is 1.03. The zero-order chi connectivity index (χ0) is 15.0. The van der Waals surface area contributed by atoms with Crippen molar-refractivity contribution >= 4 is 10.2 Å². The highest BCUT2D eigenvalue weighted by Crippen LogP contribution is 2.12. The molecule has 0 aromatic rings. The van der Waals surface area contributed by atoms with E-state index in [1.54, 1.807) is 0 Å². The molecule has 3 heteroatoms. The molecule has 0 radical (unpaired) electrons. The summed E-state index contributed by atoms with van der Waals surface area (Å²) in [5.41, 5.74) is 2.33. The minimum Gasteiger partial charge on any atom is -0.311 e. The molecule has 2 nitrogen and oxygen atoms in total. The Labute approximate surface area is 114 Å². The van der Waals surface area contributed by atoms with Gasteiger partial charge in [-0.2, -0.15) is 0 Å². The summed E-state index contributed by atoms with van der Waals surface area (Å²) in [6, 6.07) is 0. The number of allylic oxidation sites excluding steroid dienone is 6. The van der Waals surface area contributed by atoms with E-state index in [1.807, 2.05) is 39.0 Å². The van der Waals surface area contributed by atoms with Gasteiger partial charge in [-0.3, -0.25) is 0 Å². The second-order valence-corrected chi connectivity index (χ2v) is 3.86. The van der Waals surface area contributed by atoms with Crippen LogP contribution in [0.2, 0.25) is 0 Å². The predicted molar refractivity (Wildman–Crippen MR) is 83.8 cm³/mol. The summed E-state index contributed by atoms with van der Waals surface area (Å²) in [5.74, 6) is 0. The fourth-order valence-electron chi connectivity index (χ4n) is 0.941. The molecule has 0 saturated carbocycles. The molecule has 0 aliphatic rings. The summed E-state index contributed by atoms with van der Waals surface area (Å²) >= 11 is 0. The second-order valence-electron chi connectivity index (χ2n) is 2.77. The van der Waals surface area contributed by atoms with Gasteiger partial charge < -0.3 is 5.11 Å². The molecular weight excluding hydrogens is 244 g/mol. The highest BCUT2D eigenvalue weighted by atomic mass is 32.2. The smallest absolute Gasteiger partial charge is 0.0924 e. The molecule has 0 aliphatic heterocycles. The van der Waals surface area contributed by atoms with Gasteiger partial charge in [0.1, 0.15) is 0 Å². The van der Waals surface area contributed by atoms with Gasteiger partial charge in [0, 0.05) is 16.5 Å². The first-order valence-corrected chi connectivity index (χ1v) is 7.47. The van der Waals surface area contributed by atoms with E-state index in [-0.39, 0.29) is 0 Å². The van der Waals surface area contributed by atoms with E-state index in [9.17, 15) is 4.21 Å². The van der Waals surface area contributed by atoms with Crippen LogP contribution >= 0.6 is 0 Å². The van der Waals surface area contributed by atoms with Gasteiger partial charge in [0.25, 0.3) is 0 Å². The Balaban J connectivity index is -0.000000270. The maximum Gasteiger partial charge on any atom is 0.0924 e. The maximum atomic E-state index is 9.56. The molecule has 0 saturated heterocycles. The average molecular weight is 270 g/mol. The molecule has 0 aromatic heterocycles. The van der Waals surface area contributed by atoms with Crippen molar-refractivity contribution in [3.8, 4) is 5.37 Å². The van der Waals surface area contributed by atoms with Crippen molar-refractivity contribution in [1.29, 1.82) is 0 Å². The molecule has 0 heterocycles. The van der Waals surface area contributed by atoms with E-state index in [1.165, 1.54) is 17.2 Å². The van der Waals surface area contributed by atoms with Crippen molar-refractivity contribution in [3.05, 3.63) is 48.6 Å². The molecule has 0 atom stereocenters. The van der Waals surface area contributed by atoms with Crippen LogP contribution in [0.3, 0.4) is 0 Å². The molecule has 0 fully saturated rings. The lowest BCUT2D eigenvalue weighted by Crippen LogP contribution is -1.80. The third-order valence-electron chi connectivity index (χ3n) is 1.64. The predicted octanol–water partition coefficient (Wildman–Crippen LogP) is 4.32. The Morgan fingerprint density at radius 1 is 1.28 bits per heavy atom. The standard InChI is InChI=1S/C11H16.C2H4O2S.C2H6/c1-5-9-11(8-4)10(6-2)7-3;1-5(4)2-3;1-2/h6-9H,2,4-5H2,1,3H3;3H,1H3;1-2H3/b10-7-,11-9-;;. The molecule has 0 amide bonds. The van der Waals surface area contributed by atoms with E-state index < -0.39 is 10.2 Å². The van der Waals surface area contributed by atoms with Crippen molar-refractivity contribution < 1.29 is 9.32 Å². The van der Waals surface area contributed by atoms with Crippen LogP contribution in [0.15, 0.2) is 48.6 Å². The van der Waals surface area contributed by atoms with Crippen LogP contribution in [0.1, 0.15) is 34.1 Å². The Hall–Kier alpha value is -1.28. The van der Waals surface area contributed by atoms with Crippen molar-refractivity contribution in [2.24, 2.45) is 0 Å². The van der Waals surface area contributed by atoms with Crippen molar-refractivity contribution in [1.82, 2.24) is 0 Å². The lowest BCUT2D eigenvalue weighted by atomic mass is 10.1. The van der Waals surface area contributed by atoms with Crippen LogP contribution in [-0.2, 0) is 10.2 Å². The number of hydrogen-bond acceptors (Lipinski definition) is 2. The van der Waals surface area contributed by atoms with Crippen LogP contribution in [0.5, 0.6) is 0 Å². The number of rotatable bonds is 4. The van der Waals surface area contributed by atoms with Crippen LogP contribution in [0.4, 0.5) is 0 Å². The SMILES string of the molecule is C=CC(=C/C)/C(C=C)=C\CC.CC.CS(=O)#CO. The van der Waals surface area contributed by atoms with Crippen molar-refractivity contribution in [2.75, 3.05) is 6.26 Å². The third-order valence-corrected chi connectivity index (χ3v) is 1.89. The van der Waals surface area contributed by atoms with E-state index in [4.69, 9.17) is 5.11 Å². The fourth-order valence-corrected chi connectivity index (χ4v) is 0.941. The Kier molecular flexibility index (Phi) is 22.1. The number of hydrogen-bond donors (Lipinski definition) is 1. The number of aliphatic hydroxyl groups excluding tert-OH is 1. The maximum absolute atomic E-state index is 9.56. The number of aliphatic hydroxyl groups is 1. The van der Waals surface area contributed by atoms with Crippen LogP contribution in [-0.4, -0.2) is 15.6 Å². The molecule has 1 N–H and O–H groups in total. The van der Waals surface area contributed by atoms with E-state index >= 15 is 0 Å². The highest BCUT2D eigenvalue weighted by molar-refractivity contribution is 7.73. The van der Waals surface area contributed by atoms with Gasteiger partial charge >= 0.3 is 0 Å². The Bertz CT molecular complexity index is 406. The average Bonchev–Trinajstić information content (AvgIpc) is 2.41. The molecule has 0 spiro atoms. The first-order valence-electron chi connectivity index (χ1n) is 5.92. The topological polar surface area (TPSA) is 37.3 Å². The Morgan fingerprint density at radius 3 is 1.83 bits per heavy atom. The fraction of sp³-hybridized carbons (Fsp3) is 0.400. The lowest BCUT2D eigenvalue weighted by molar-refractivity contribution is 0.520. The minimum atomic E-state index is -1.27. The molecular formula is C15H26O2S. The van der Waals surface area contributed by atoms with Gasteiger partial charge in [0.15, 0.2) is 0 Å². The van der Waals surface area contributed by atoms with Gasteiger partial charge in [0.05, 0.1) is 5.37 Å². The van der Waals surface area contributed by atoms with E-state index in [2.05, 4.69) is 26.2 Å². The van der Waals surface area contributed by atoms with Crippen molar-refractivity contribution in [3.63, 3.8) is 0 Å². The first-order chi connectivity index (χ1) is 8.56. The zero-order valence-corrected chi connectivity index (χ0v) is 13.0. The highest BCUT2D eigenvalue weighted by Gasteiger charge is 1.92. The molecule has 0 unspecified atom stereocenters. The second kappa shape index (κ2) is 18.1. The van der Waals surface area contributed by atoms with Crippen LogP contribution in [0, 0.1) is 5.37 Å². The summed E-state index contributed by atoms with van der Waals surface area (Å²) in [7, 11) is -1.27. The molecule has 0 rings (SSSR count). The van der Waals surface area contributed by atoms with Gasteiger partial charge in [-0.1, -0.05) is 58.2 Å². The van der Waals surface area contributed by atoms with Gasteiger partial charge in [-0.25, -0.2) is 4.21 Å². The van der Waals surface area contributed by atoms with Crippen molar-refractivity contribution in [2.45, 2.75) is 34.1 Å². The summed E-state index contributed by atoms with van der Waals surface area (Å²) in [6.45, 7) is 15.6. The third kappa shape index (κ3) is 14.7.